The molecule has 0 aliphatic carbocycles. The highest BCUT2D eigenvalue weighted by Crippen LogP contribution is 2.26. The SMILES string of the molecule is COc1cc(O)cc(Nc2ncnc(Nc3cccc(Cl)c3)n2)c1. The van der Waals surface area contributed by atoms with Crippen LogP contribution in [0.25, 0.3) is 0 Å². The van der Waals surface area contributed by atoms with Crippen molar-refractivity contribution in [3.8, 4) is 11.5 Å². The number of hydrogen-bond acceptors (Lipinski definition) is 7. The Kier molecular flexibility index (Phi) is 4.62. The minimum Gasteiger partial charge on any atom is -0.508 e. The van der Waals surface area contributed by atoms with Crippen molar-refractivity contribution in [1.29, 1.82) is 0 Å². The molecule has 7 nitrogen and oxygen atoms in total. The highest BCUT2D eigenvalue weighted by atomic mass is 35.5. The molecule has 0 fully saturated rings. The molecule has 3 rings (SSSR count). The van der Waals surface area contributed by atoms with Gasteiger partial charge in [0, 0.05) is 34.6 Å². The van der Waals surface area contributed by atoms with Crippen LogP contribution in [0.4, 0.5) is 23.3 Å². The predicted octanol–water partition coefficient (Wildman–Crippen LogP) is 3.73. The number of nitrogens with zero attached hydrogens (tertiary/aromatic N) is 3. The van der Waals surface area contributed by atoms with Crippen LogP contribution in [-0.2, 0) is 0 Å². The van der Waals surface area contributed by atoms with Crippen molar-refractivity contribution in [2.24, 2.45) is 0 Å². The Balaban J connectivity index is 1.79. The molecule has 122 valence electrons. The van der Waals surface area contributed by atoms with E-state index in [9.17, 15) is 5.11 Å². The molecule has 0 spiro atoms. The Bertz CT molecular complexity index is 859. The molecule has 3 aromatic rings. The summed E-state index contributed by atoms with van der Waals surface area (Å²) in [7, 11) is 1.52. The largest absolute Gasteiger partial charge is 0.508 e. The number of anilines is 4. The van der Waals surface area contributed by atoms with E-state index in [0.717, 1.165) is 5.69 Å². The molecule has 8 heteroatoms. The molecule has 0 aliphatic heterocycles. The third-order valence-electron chi connectivity index (χ3n) is 3.04. The number of phenols is 1. The van der Waals surface area contributed by atoms with Crippen LogP contribution in [0.2, 0.25) is 5.02 Å². The molecule has 24 heavy (non-hydrogen) atoms. The van der Waals surface area contributed by atoms with Gasteiger partial charge in [-0.05, 0) is 18.2 Å². The molecule has 3 N–H and O–H groups in total. The van der Waals surface area contributed by atoms with Gasteiger partial charge in [0.2, 0.25) is 11.9 Å². The van der Waals surface area contributed by atoms with Gasteiger partial charge in [0.25, 0.3) is 0 Å². The summed E-state index contributed by atoms with van der Waals surface area (Å²) in [5.74, 6) is 1.27. The number of halogens is 1. The molecule has 0 aliphatic rings. The van der Waals surface area contributed by atoms with Crippen molar-refractivity contribution < 1.29 is 9.84 Å². The topological polar surface area (TPSA) is 92.2 Å². The summed E-state index contributed by atoms with van der Waals surface area (Å²) in [6.45, 7) is 0. The monoisotopic (exact) mass is 343 g/mol. The molecule has 0 radical (unpaired) electrons. The van der Waals surface area contributed by atoms with Gasteiger partial charge in [0.1, 0.15) is 17.8 Å². The summed E-state index contributed by atoms with van der Waals surface area (Å²) < 4.78 is 5.11. The van der Waals surface area contributed by atoms with Crippen molar-refractivity contribution in [2.45, 2.75) is 0 Å². The number of benzene rings is 2. The fraction of sp³-hybridized carbons (Fsp3) is 0.0625. The summed E-state index contributed by atoms with van der Waals surface area (Å²) in [6.07, 6.45) is 1.38. The lowest BCUT2D eigenvalue weighted by Gasteiger charge is -2.09. The van der Waals surface area contributed by atoms with E-state index in [2.05, 4.69) is 25.6 Å². The second-order valence-corrected chi connectivity index (χ2v) is 5.25. The van der Waals surface area contributed by atoms with Crippen molar-refractivity contribution in [2.75, 3.05) is 17.7 Å². The van der Waals surface area contributed by atoms with E-state index in [1.165, 1.54) is 25.6 Å². The average Bonchev–Trinajstić information content (AvgIpc) is 2.54. The fourth-order valence-electron chi connectivity index (χ4n) is 2.01. The summed E-state index contributed by atoms with van der Waals surface area (Å²) in [4.78, 5) is 12.4. The number of hydrogen-bond donors (Lipinski definition) is 3. The maximum absolute atomic E-state index is 9.68. The molecule has 0 bridgehead atoms. The van der Waals surface area contributed by atoms with E-state index in [0.29, 0.717) is 28.4 Å². The first-order chi connectivity index (χ1) is 11.6. The fourth-order valence-corrected chi connectivity index (χ4v) is 2.20. The smallest absolute Gasteiger partial charge is 0.232 e. The lowest BCUT2D eigenvalue weighted by molar-refractivity contribution is 0.408. The lowest BCUT2D eigenvalue weighted by Crippen LogP contribution is -2.02. The second-order valence-electron chi connectivity index (χ2n) is 4.81. The van der Waals surface area contributed by atoms with Gasteiger partial charge in [0.15, 0.2) is 0 Å². The zero-order chi connectivity index (χ0) is 16.9. The van der Waals surface area contributed by atoms with Crippen LogP contribution in [-0.4, -0.2) is 27.2 Å². The van der Waals surface area contributed by atoms with Gasteiger partial charge in [-0.1, -0.05) is 17.7 Å². The van der Waals surface area contributed by atoms with Crippen LogP contribution in [0.3, 0.4) is 0 Å². The molecule has 1 heterocycles. The van der Waals surface area contributed by atoms with E-state index in [-0.39, 0.29) is 5.75 Å². The minimum absolute atomic E-state index is 0.0724. The Morgan fingerprint density at radius 1 is 1.00 bits per heavy atom. The van der Waals surface area contributed by atoms with Gasteiger partial charge >= 0.3 is 0 Å². The summed E-state index contributed by atoms with van der Waals surface area (Å²) in [6, 6.07) is 12.0. The first-order valence-electron chi connectivity index (χ1n) is 6.99. The minimum atomic E-state index is 0.0724. The van der Waals surface area contributed by atoms with Crippen molar-refractivity contribution >= 4 is 34.9 Å². The Morgan fingerprint density at radius 2 is 1.75 bits per heavy atom. The van der Waals surface area contributed by atoms with Crippen LogP contribution in [0.5, 0.6) is 11.5 Å². The molecule has 0 unspecified atom stereocenters. The van der Waals surface area contributed by atoms with Crippen molar-refractivity contribution in [3.63, 3.8) is 0 Å². The standard InChI is InChI=1S/C16H14ClN5O2/c1-24-14-7-12(6-13(23)8-14)21-16-19-9-18-15(22-16)20-11-4-2-3-10(17)5-11/h2-9,23H,1H3,(H2,18,19,20,21,22). The van der Waals surface area contributed by atoms with Crippen LogP contribution in [0.15, 0.2) is 48.8 Å². The van der Waals surface area contributed by atoms with E-state index in [1.54, 1.807) is 18.2 Å². The average molecular weight is 344 g/mol. The van der Waals surface area contributed by atoms with Crippen LogP contribution < -0.4 is 15.4 Å². The van der Waals surface area contributed by atoms with Crippen LogP contribution in [0.1, 0.15) is 0 Å². The first-order valence-corrected chi connectivity index (χ1v) is 7.37. The number of ether oxygens (including phenoxy) is 1. The zero-order valence-electron chi connectivity index (χ0n) is 12.7. The summed E-state index contributed by atoms with van der Waals surface area (Å²) >= 11 is 5.95. The maximum atomic E-state index is 9.68. The number of rotatable bonds is 5. The third-order valence-corrected chi connectivity index (χ3v) is 3.27. The van der Waals surface area contributed by atoms with E-state index < -0.39 is 0 Å². The number of aromatic nitrogens is 3. The summed E-state index contributed by atoms with van der Waals surface area (Å²) in [5, 5.41) is 16.3. The second kappa shape index (κ2) is 7.01. The van der Waals surface area contributed by atoms with Gasteiger partial charge in [-0.2, -0.15) is 4.98 Å². The van der Waals surface area contributed by atoms with Gasteiger partial charge in [-0.25, -0.2) is 9.97 Å². The van der Waals surface area contributed by atoms with Crippen molar-refractivity contribution in [3.05, 3.63) is 53.8 Å². The van der Waals surface area contributed by atoms with Gasteiger partial charge in [0.05, 0.1) is 7.11 Å². The normalized spacial score (nSPS) is 10.2. The third kappa shape index (κ3) is 4.02. The number of aromatic hydroxyl groups is 1. The molecule has 2 aromatic carbocycles. The number of methoxy groups -OCH3 is 1. The van der Waals surface area contributed by atoms with Crippen molar-refractivity contribution in [1.82, 2.24) is 15.0 Å². The van der Waals surface area contributed by atoms with Gasteiger partial charge in [-0.15, -0.1) is 0 Å². The number of phenolic OH excluding ortho intramolecular Hbond substituents is 1. The Morgan fingerprint density at radius 3 is 2.46 bits per heavy atom. The molecule has 0 atom stereocenters. The van der Waals surface area contributed by atoms with Gasteiger partial charge < -0.3 is 20.5 Å². The molecule has 0 amide bonds. The van der Waals surface area contributed by atoms with Crippen LogP contribution in [0, 0.1) is 0 Å². The highest BCUT2D eigenvalue weighted by Gasteiger charge is 2.05. The predicted molar refractivity (Wildman–Crippen MR) is 92.5 cm³/mol. The van der Waals surface area contributed by atoms with E-state index in [1.807, 2.05) is 12.1 Å². The molecular weight excluding hydrogens is 330 g/mol. The maximum Gasteiger partial charge on any atom is 0.232 e. The van der Waals surface area contributed by atoms with E-state index in [4.69, 9.17) is 16.3 Å². The highest BCUT2D eigenvalue weighted by molar-refractivity contribution is 6.30. The van der Waals surface area contributed by atoms with Crippen LogP contribution >= 0.6 is 11.6 Å². The zero-order valence-corrected chi connectivity index (χ0v) is 13.4. The van der Waals surface area contributed by atoms with Gasteiger partial charge in [-0.3, -0.25) is 0 Å². The molecular formula is C16H14ClN5O2. The van der Waals surface area contributed by atoms with E-state index >= 15 is 0 Å². The first kappa shape index (κ1) is 15.8. The summed E-state index contributed by atoms with van der Waals surface area (Å²) in [5.41, 5.74) is 1.35. The molecule has 1 aromatic heterocycles. The quantitative estimate of drug-likeness (QED) is 0.650. The number of nitrogens with one attached hydrogen (secondary N) is 2. The molecule has 0 saturated heterocycles. The Labute approximate surface area is 143 Å². The Hall–Kier alpha value is -3.06. The molecule has 0 saturated carbocycles. The lowest BCUT2D eigenvalue weighted by atomic mass is 10.3.